The standard InChI is InChI=1S/C25H16BrCl2NO5/c1-2-32-21-13-14(11-18(26)22(21)33-24(30)15-7-9-16(27)10-8-15)12-20-25(31)34-23(29-20)17-5-3-4-6-19(17)28/h3-13H,2H2,1H3/b20-12-. The largest absolute Gasteiger partial charge is 0.490 e. The molecule has 6 nitrogen and oxygen atoms in total. The number of halogens is 3. The normalized spacial score (nSPS) is 14.1. The van der Waals surface area contributed by atoms with Gasteiger partial charge in [0.05, 0.1) is 27.2 Å². The fraction of sp³-hybridized carbons (Fsp3) is 0.0800. The predicted molar refractivity (Wildman–Crippen MR) is 134 cm³/mol. The summed E-state index contributed by atoms with van der Waals surface area (Å²) < 4.78 is 17.0. The average Bonchev–Trinajstić information content (AvgIpc) is 3.16. The summed E-state index contributed by atoms with van der Waals surface area (Å²) in [6.07, 6.45) is 1.55. The van der Waals surface area contributed by atoms with Crippen molar-refractivity contribution in [3.8, 4) is 11.5 Å². The third kappa shape index (κ3) is 5.33. The maximum Gasteiger partial charge on any atom is 0.363 e. The molecule has 0 spiro atoms. The van der Waals surface area contributed by atoms with E-state index in [-0.39, 0.29) is 17.3 Å². The number of esters is 2. The molecule has 0 fully saturated rings. The number of cyclic esters (lactones) is 1. The molecule has 34 heavy (non-hydrogen) atoms. The smallest absolute Gasteiger partial charge is 0.363 e. The van der Waals surface area contributed by atoms with Crippen molar-refractivity contribution < 1.29 is 23.8 Å². The third-order valence-electron chi connectivity index (χ3n) is 4.63. The highest BCUT2D eigenvalue weighted by Gasteiger charge is 2.26. The van der Waals surface area contributed by atoms with Crippen LogP contribution in [0, 0.1) is 0 Å². The molecule has 1 heterocycles. The van der Waals surface area contributed by atoms with Gasteiger partial charge in [0.15, 0.2) is 17.2 Å². The van der Waals surface area contributed by atoms with Gasteiger partial charge in [0, 0.05) is 5.02 Å². The van der Waals surface area contributed by atoms with Crippen molar-refractivity contribution in [3.05, 3.63) is 97.6 Å². The van der Waals surface area contributed by atoms with Gasteiger partial charge in [-0.3, -0.25) is 0 Å². The van der Waals surface area contributed by atoms with E-state index < -0.39 is 11.9 Å². The number of rotatable bonds is 6. The molecule has 0 N–H and O–H groups in total. The van der Waals surface area contributed by atoms with Crippen molar-refractivity contribution in [1.82, 2.24) is 0 Å². The van der Waals surface area contributed by atoms with E-state index in [4.69, 9.17) is 37.4 Å². The van der Waals surface area contributed by atoms with Gasteiger partial charge >= 0.3 is 11.9 Å². The molecule has 0 saturated carbocycles. The van der Waals surface area contributed by atoms with Crippen LogP contribution in [0.4, 0.5) is 0 Å². The van der Waals surface area contributed by atoms with Crippen LogP contribution in [0.3, 0.4) is 0 Å². The molecule has 0 radical (unpaired) electrons. The van der Waals surface area contributed by atoms with Gasteiger partial charge in [0.25, 0.3) is 0 Å². The molecule has 0 bridgehead atoms. The predicted octanol–water partition coefficient (Wildman–Crippen LogP) is 6.72. The van der Waals surface area contributed by atoms with E-state index in [1.807, 2.05) is 0 Å². The van der Waals surface area contributed by atoms with Crippen molar-refractivity contribution in [2.24, 2.45) is 4.99 Å². The Bertz CT molecular complexity index is 1340. The average molecular weight is 561 g/mol. The molecule has 0 amide bonds. The number of nitrogens with zero attached hydrogens (tertiary/aromatic N) is 1. The SMILES string of the molecule is CCOc1cc(/C=C2\N=C(c3ccccc3Cl)OC2=O)cc(Br)c1OC(=O)c1ccc(Cl)cc1. The van der Waals surface area contributed by atoms with Crippen LogP contribution in [0.2, 0.25) is 10.0 Å². The number of carbonyl (C=O) groups is 2. The number of aliphatic imine (C=N–C) groups is 1. The second-order valence-electron chi connectivity index (χ2n) is 6.98. The highest BCUT2D eigenvalue weighted by atomic mass is 79.9. The molecule has 0 saturated heterocycles. The summed E-state index contributed by atoms with van der Waals surface area (Å²) in [5.41, 5.74) is 1.52. The zero-order chi connectivity index (χ0) is 24.2. The van der Waals surface area contributed by atoms with E-state index in [0.717, 1.165) is 0 Å². The molecule has 0 aromatic heterocycles. The van der Waals surface area contributed by atoms with Crippen molar-refractivity contribution >= 4 is 63.0 Å². The summed E-state index contributed by atoms with van der Waals surface area (Å²) in [7, 11) is 0. The van der Waals surface area contributed by atoms with Gasteiger partial charge < -0.3 is 14.2 Å². The summed E-state index contributed by atoms with van der Waals surface area (Å²) in [6, 6.07) is 16.6. The summed E-state index contributed by atoms with van der Waals surface area (Å²) in [6.45, 7) is 2.13. The highest BCUT2D eigenvalue weighted by molar-refractivity contribution is 9.10. The lowest BCUT2D eigenvalue weighted by atomic mass is 10.1. The molecule has 3 aromatic carbocycles. The minimum Gasteiger partial charge on any atom is -0.490 e. The topological polar surface area (TPSA) is 74.2 Å². The zero-order valence-electron chi connectivity index (χ0n) is 17.7. The van der Waals surface area contributed by atoms with E-state index >= 15 is 0 Å². The van der Waals surface area contributed by atoms with E-state index in [1.165, 1.54) is 0 Å². The lowest BCUT2D eigenvalue weighted by molar-refractivity contribution is -0.129. The minimum atomic E-state index is -0.609. The first-order valence-corrected chi connectivity index (χ1v) is 11.6. The number of carbonyl (C=O) groups excluding carboxylic acids is 2. The molecule has 1 aliphatic rings. The van der Waals surface area contributed by atoms with E-state index in [0.29, 0.717) is 43.6 Å². The van der Waals surface area contributed by atoms with Crippen LogP contribution < -0.4 is 9.47 Å². The molecule has 0 atom stereocenters. The van der Waals surface area contributed by atoms with Crippen LogP contribution in [0.1, 0.15) is 28.4 Å². The van der Waals surface area contributed by atoms with Crippen molar-refractivity contribution in [1.29, 1.82) is 0 Å². The first-order chi connectivity index (χ1) is 16.4. The molecule has 0 aliphatic carbocycles. The van der Waals surface area contributed by atoms with Crippen molar-refractivity contribution in [3.63, 3.8) is 0 Å². The van der Waals surface area contributed by atoms with Gasteiger partial charge in [0.1, 0.15) is 0 Å². The maximum atomic E-state index is 12.6. The molecule has 1 aliphatic heterocycles. The zero-order valence-corrected chi connectivity index (χ0v) is 20.8. The molecule has 0 unspecified atom stereocenters. The van der Waals surface area contributed by atoms with Gasteiger partial charge in [-0.25, -0.2) is 14.6 Å². The van der Waals surface area contributed by atoms with Gasteiger partial charge in [-0.05, 0) is 83.0 Å². The Morgan fingerprint density at radius 1 is 1.12 bits per heavy atom. The highest BCUT2D eigenvalue weighted by Crippen LogP contribution is 2.38. The first kappa shape index (κ1) is 24.0. The minimum absolute atomic E-state index is 0.0928. The van der Waals surface area contributed by atoms with Crippen LogP contribution in [-0.4, -0.2) is 24.4 Å². The second-order valence-corrected chi connectivity index (χ2v) is 8.67. The number of benzene rings is 3. The third-order valence-corrected chi connectivity index (χ3v) is 5.81. The second kappa shape index (κ2) is 10.4. The Labute approximate surface area is 213 Å². The number of hydrogen-bond donors (Lipinski definition) is 0. The fourth-order valence-corrected chi connectivity index (χ4v) is 3.97. The van der Waals surface area contributed by atoms with Crippen LogP contribution >= 0.6 is 39.1 Å². The lowest BCUT2D eigenvalue weighted by Gasteiger charge is -2.13. The van der Waals surface area contributed by atoms with Crippen LogP contribution in [-0.2, 0) is 9.53 Å². The van der Waals surface area contributed by atoms with Crippen molar-refractivity contribution in [2.75, 3.05) is 6.61 Å². The van der Waals surface area contributed by atoms with E-state index in [9.17, 15) is 9.59 Å². The quantitative estimate of drug-likeness (QED) is 0.190. The lowest BCUT2D eigenvalue weighted by Crippen LogP contribution is -2.10. The molecule has 3 aromatic rings. The summed E-state index contributed by atoms with van der Waals surface area (Å²) in [4.78, 5) is 29.3. The summed E-state index contributed by atoms with van der Waals surface area (Å²) >= 11 is 15.5. The van der Waals surface area contributed by atoms with Gasteiger partial charge in [-0.2, -0.15) is 0 Å². The summed E-state index contributed by atoms with van der Waals surface area (Å²) in [5, 5.41) is 0.930. The molecule has 4 rings (SSSR count). The van der Waals surface area contributed by atoms with E-state index in [1.54, 1.807) is 73.7 Å². The van der Waals surface area contributed by atoms with Crippen LogP contribution in [0.15, 0.2) is 75.8 Å². The molecular weight excluding hydrogens is 545 g/mol. The van der Waals surface area contributed by atoms with Crippen LogP contribution in [0.5, 0.6) is 11.5 Å². The van der Waals surface area contributed by atoms with Gasteiger partial charge in [-0.1, -0.05) is 35.3 Å². The molecular formula is C25H16BrCl2NO5. The maximum absolute atomic E-state index is 12.6. The Morgan fingerprint density at radius 2 is 1.85 bits per heavy atom. The Balaban J connectivity index is 1.65. The first-order valence-electron chi connectivity index (χ1n) is 10.1. The van der Waals surface area contributed by atoms with Crippen LogP contribution in [0.25, 0.3) is 6.08 Å². The number of hydrogen-bond acceptors (Lipinski definition) is 6. The van der Waals surface area contributed by atoms with Gasteiger partial charge in [0.2, 0.25) is 5.90 Å². The Hall–Kier alpha value is -3.13. The molecule has 9 heteroatoms. The monoisotopic (exact) mass is 559 g/mol. The van der Waals surface area contributed by atoms with Gasteiger partial charge in [-0.15, -0.1) is 0 Å². The fourth-order valence-electron chi connectivity index (χ4n) is 3.09. The molecule has 172 valence electrons. The summed E-state index contributed by atoms with van der Waals surface area (Å²) in [5.74, 6) is -0.537. The Morgan fingerprint density at radius 3 is 2.56 bits per heavy atom. The Kier molecular flexibility index (Phi) is 7.36. The van der Waals surface area contributed by atoms with E-state index in [2.05, 4.69) is 20.9 Å². The van der Waals surface area contributed by atoms with Crippen molar-refractivity contribution in [2.45, 2.75) is 6.92 Å². The number of ether oxygens (including phenoxy) is 3.